The number of carbonyl (C=O) groups is 1. The molecule has 1 saturated carbocycles. The lowest BCUT2D eigenvalue weighted by atomic mass is 9.81. The molecule has 0 aromatic heterocycles. The second-order valence-corrected chi connectivity index (χ2v) is 5.89. The second-order valence-electron chi connectivity index (χ2n) is 5.36. The Kier molecular flexibility index (Phi) is 5.26. The van der Waals surface area contributed by atoms with E-state index in [2.05, 4.69) is 18.2 Å². The molecule has 104 valence electrons. The minimum atomic E-state index is -0.777. The molecule has 1 atom stereocenters. The number of halogens is 1. The van der Waals surface area contributed by atoms with E-state index in [1.807, 2.05) is 6.07 Å². The zero-order valence-electron chi connectivity index (χ0n) is 11.1. The molecule has 0 amide bonds. The highest BCUT2D eigenvalue weighted by Gasteiger charge is 2.21. The van der Waals surface area contributed by atoms with Gasteiger partial charge in [0.25, 0.3) is 0 Å². The highest BCUT2D eigenvalue weighted by Crippen LogP contribution is 2.38. The van der Waals surface area contributed by atoms with Gasteiger partial charge in [-0.1, -0.05) is 43.5 Å². The van der Waals surface area contributed by atoms with Crippen LogP contribution >= 0.6 is 11.6 Å². The number of hydrogen-bond acceptors (Lipinski definition) is 1. The lowest BCUT2D eigenvalue weighted by Gasteiger charge is -2.25. The van der Waals surface area contributed by atoms with Crippen LogP contribution in [0.5, 0.6) is 0 Å². The topological polar surface area (TPSA) is 37.3 Å². The molecular formula is C16H21ClO2. The van der Waals surface area contributed by atoms with Gasteiger partial charge in [-0.05, 0) is 36.3 Å². The first-order chi connectivity index (χ1) is 9.18. The fourth-order valence-electron chi connectivity index (χ4n) is 2.99. The van der Waals surface area contributed by atoms with Crippen LogP contribution in [0.25, 0.3) is 0 Å². The summed E-state index contributed by atoms with van der Waals surface area (Å²) in [5, 5.41) is 8.58. The summed E-state index contributed by atoms with van der Waals surface area (Å²) >= 11 is 6.41. The summed E-state index contributed by atoms with van der Waals surface area (Å²) in [6.45, 7) is 0. The number of benzene rings is 1. The van der Waals surface area contributed by atoms with Crippen LogP contribution in [0.3, 0.4) is 0 Å². The normalized spacial score (nSPS) is 18.2. The van der Waals surface area contributed by atoms with Gasteiger partial charge >= 0.3 is 5.97 Å². The van der Waals surface area contributed by atoms with E-state index < -0.39 is 5.97 Å². The molecule has 0 heterocycles. The number of aliphatic carboxylic acids is 1. The second kappa shape index (κ2) is 6.95. The maximum absolute atomic E-state index is 10.7. The van der Waals surface area contributed by atoms with E-state index in [0.29, 0.717) is 12.3 Å². The van der Waals surface area contributed by atoms with Crippen LogP contribution < -0.4 is 0 Å². The molecule has 1 fully saturated rings. The summed E-state index contributed by atoms with van der Waals surface area (Å²) in [6, 6.07) is 8.29. The van der Waals surface area contributed by atoms with E-state index >= 15 is 0 Å². The zero-order chi connectivity index (χ0) is 13.7. The Labute approximate surface area is 119 Å². The molecule has 2 rings (SSSR count). The van der Waals surface area contributed by atoms with Crippen molar-refractivity contribution in [2.45, 2.75) is 56.2 Å². The van der Waals surface area contributed by atoms with Crippen LogP contribution in [0.1, 0.15) is 67.4 Å². The molecule has 1 unspecified atom stereocenters. The molecule has 1 N–H and O–H groups in total. The van der Waals surface area contributed by atoms with Gasteiger partial charge < -0.3 is 5.11 Å². The third-order valence-corrected chi connectivity index (χ3v) is 4.44. The first-order valence-corrected chi connectivity index (χ1v) is 7.57. The van der Waals surface area contributed by atoms with Gasteiger partial charge in [0.05, 0.1) is 5.38 Å². The molecule has 1 aliphatic carbocycles. The minimum Gasteiger partial charge on any atom is -0.481 e. The predicted octanol–water partition coefficient (Wildman–Crippen LogP) is 4.88. The van der Waals surface area contributed by atoms with Crippen molar-refractivity contribution in [1.82, 2.24) is 0 Å². The van der Waals surface area contributed by atoms with Gasteiger partial charge in [0.1, 0.15) is 0 Å². The lowest BCUT2D eigenvalue weighted by molar-refractivity contribution is -0.137. The van der Waals surface area contributed by atoms with Crippen LogP contribution in [0.15, 0.2) is 24.3 Å². The maximum Gasteiger partial charge on any atom is 0.303 e. The molecule has 1 aromatic carbocycles. The molecule has 1 aromatic rings. The van der Waals surface area contributed by atoms with Gasteiger partial charge in [-0.15, -0.1) is 11.6 Å². The van der Waals surface area contributed by atoms with Gasteiger partial charge in [0, 0.05) is 6.42 Å². The molecule has 1 aliphatic rings. The van der Waals surface area contributed by atoms with Gasteiger partial charge in [-0.25, -0.2) is 0 Å². The van der Waals surface area contributed by atoms with E-state index in [1.54, 1.807) is 0 Å². The van der Waals surface area contributed by atoms with E-state index in [-0.39, 0.29) is 11.8 Å². The van der Waals surface area contributed by atoms with Crippen LogP contribution in [0.4, 0.5) is 0 Å². The molecule has 0 saturated heterocycles. The van der Waals surface area contributed by atoms with Crippen LogP contribution in [0.2, 0.25) is 0 Å². The van der Waals surface area contributed by atoms with E-state index in [9.17, 15) is 4.79 Å². The third kappa shape index (κ3) is 3.97. The SMILES string of the molecule is O=C(O)CCC(Cl)c1ccccc1C1CCCCC1. The van der Waals surface area contributed by atoms with Crippen molar-refractivity contribution in [3.63, 3.8) is 0 Å². The van der Waals surface area contributed by atoms with Crippen molar-refractivity contribution in [2.75, 3.05) is 0 Å². The number of carboxylic acid groups (broad SMARTS) is 1. The quantitative estimate of drug-likeness (QED) is 0.781. The largest absolute Gasteiger partial charge is 0.481 e. The average Bonchev–Trinajstić information content (AvgIpc) is 2.45. The first-order valence-electron chi connectivity index (χ1n) is 7.13. The fourth-order valence-corrected chi connectivity index (χ4v) is 3.30. The van der Waals surface area contributed by atoms with Gasteiger partial charge in [-0.3, -0.25) is 4.79 Å². The van der Waals surface area contributed by atoms with Crippen LogP contribution in [-0.4, -0.2) is 11.1 Å². The Bertz CT molecular complexity index is 425. The minimum absolute atomic E-state index is 0.132. The summed E-state index contributed by atoms with van der Waals surface area (Å²) in [5.41, 5.74) is 2.48. The van der Waals surface area contributed by atoms with Gasteiger partial charge in [0.2, 0.25) is 0 Å². The van der Waals surface area contributed by atoms with Crippen molar-refractivity contribution in [3.05, 3.63) is 35.4 Å². The third-order valence-electron chi connectivity index (χ3n) is 3.99. The first kappa shape index (κ1) is 14.4. The Hall–Kier alpha value is -1.02. The number of rotatable bonds is 5. The molecule has 0 spiro atoms. The van der Waals surface area contributed by atoms with E-state index in [0.717, 1.165) is 5.56 Å². The van der Waals surface area contributed by atoms with Crippen molar-refractivity contribution >= 4 is 17.6 Å². The molecule has 0 aliphatic heterocycles. The zero-order valence-corrected chi connectivity index (χ0v) is 11.9. The van der Waals surface area contributed by atoms with E-state index in [1.165, 1.54) is 37.7 Å². The lowest BCUT2D eigenvalue weighted by Crippen LogP contribution is -2.09. The average molecular weight is 281 g/mol. The maximum atomic E-state index is 10.7. The predicted molar refractivity (Wildman–Crippen MR) is 77.7 cm³/mol. The van der Waals surface area contributed by atoms with Crippen molar-refractivity contribution in [1.29, 1.82) is 0 Å². The number of carboxylic acids is 1. The smallest absolute Gasteiger partial charge is 0.303 e. The molecule has 0 radical (unpaired) electrons. The summed E-state index contributed by atoms with van der Waals surface area (Å²) < 4.78 is 0. The Morgan fingerprint density at radius 1 is 1.26 bits per heavy atom. The van der Waals surface area contributed by atoms with E-state index in [4.69, 9.17) is 16.7 Å². The Morgan fingerprint density at radius 2 is 1.95 bits per heavy atom. The fraction of sp³-hybridized carbons (Fsp3) is 0.562. The summed E-state index contributed by atoms with van der Waals surface area (Å²) in [6.07, 6.45) is 7.02. The van der Waals surface area contributed by atoms with Crippen LogP contribution in [-0.2, 0) is 4.79 Å². The van der Waals surface area contributed by atoms with Crippen molar-refractivity contribution < 1.29 is 9.90 Å². The number of alkyl halides is 1. The summed E-state index contributed by atoms with van der Waals surface area (Å²) in [7, 11) is 0. The molecule has 19 heavy (non-hydrogen) atoms. The monoisotopic (exact) mass is 280 g/mol. The molecular weight excluding hydrogens is 260 g/mol. The summed E-state index contributed by atoms with van der Waals surface area (Å²) in [5.74, 6) is -0.170. The number of hydrogen-bond donors (Lipinski definition) is 1. The molecule has 0 bridgehead atoms. The highest BCUT2D eigenvalue weighted by atomic mass is 35.5. The van der Waals surface area contributed by atoms with Crippen molar-refractivity contribution in [2.24, 2.45) is 0 Å². The van der Waals surface area contributed by atoms with Gasteiger partial charge in [0.15, 0.2) is 0 Å². The van der Waals surface area contributed by atoms with Gasteiger partial charge in [-0.2, -0.15) is 0 Å². The Balaban J connectivity index is 2.12. The summed E-state index contributed by atoms with van der Waals surface area (Å²) in [4.78, 5) is 10.7. The highest BCUT2D eigenvalue weighted by molar-refractivity contribution is 6.21. The Morgan fingerprint density at radius 3 is 2.63 bits per heavy atom. The molecule has 3 heteroatoms. The molecule has 2 nitrogen and oxygen atoms in total. The van der Waals surface area contributed by atoms with Crippen LogP contribution in [0, 0.1) is 0 Å². The standard InChI is InChI=1S/C16H21ClO2/c17-15(10-11-16(18)19)14-9-5-4-8-13(14)12-6-2-1-3-7-12/h4-5,8-9,12,15H,1-3,6-7,10-11H2,(H,18,19). The van der Waals surface area contributed by atoms with Crippen molar-refractivity contribution in [3.8, 4) is 0 Å².